The van der Waals surface area contributed by atoms with E-state index in [2.05, 4.69) is 16.0 Å². The molecule has 1 atom stereocenters. The first kappa shape index (κ1) is 12.7. The molecule has 0 fully saturated rings. The molecule has 1 unspecified atom stereocenters. The van der Waals surface area contributed by atoms with E-state index < -0.39 is 0 Å². The zero-order chi connectivity index (χ0) is 13.7. The molecule has 0 aliphatic carbocycles. The molecule has 6 nitrogen and oxygen atoms in total. The van der Waals surface area contributed by atoms with Crippen LogP contribution in [-0.4, -0.2) is 14.5 Å². The highest BCUT2D eigenvalue weighted by molar-refractivity contribution is 5.72. The molecule has 6 heteroatoms. The van der Waals surface area contributed by atoms with E-state index in [1.807, 2.05) is 6.07 Å². The summed E-state index contributed by atoms with van der Waals surface area (Å²) in [6.45, 7) is 0.245. The normalized spacial score (nSPS) is 11.7. The van der Waals surface area contributed by atoms with Gasteiger partial charge in [0.1, 0.15) is 6.33 Å². The molecule has 2 aromatic rings. The van der Waals surface area contributed by atoms with Gasteiger partial charge in [0.05, 0.1) is 23.4 Å². The van der Waals surface area contributed by atoms with E-state index in [4.69, 9.17) is 10.5 Å². The summed E-state index contributed by atoms with van der Waals surface area (Å²) in [6.07, 6.45) is 3.72. The SMILES string of the molecule is N#CCCC(C#N)Cn1cnc2ncccc2c1=O. The predicted octanol–water partition coefficient (Wildman–Crippen LogP) is 1.24. The van der Waals surface area contributed by atoms with Crippen molar-refractivity contribution in [3.63, 3.8) is 0 Å². The Hall–Kier alpha value is -2.73. The van der Waals surface area contributed by atoms with Gasteiger partial charge in [0.2, 0.25) is 0 Å². The smallest absolute Gasteiger partial charge is 0.262 e. The average Bonchev–Trinajstić information content (AvgIpc) is 2.46. The summed E-state index contributed by atoms with van der Waals surface area (Å²) < 4.78 is 1.40. The van der Waals surface area contributed by atoms with Gasteiger partial charge in [-0.1, -0.05) is 0 Å². The van der Waals surface area contributed by atoms with Gasteiger partial charge >= 0.3 is 0 Å². The van der Waals surface area contributed by atoms with Crippen LogP contribution in [0.5, 0.6) is 0 Å². The van der Waals surface area contributed by atoms with Gasteiger partial charge in [-0.15, -0.1) is 0 Å². The van der Waals surface area contributed by atoms with Crippen molar-refractivity contribution >= 4 is 11.0 Å². The van der Waals surface area contributed by atoms with Crippen molar-refractivity contribution in [2.45, 2.75) is 19.4 Å². The topological polar surface area (TPSA) is 95.4 Å². The first-order chi connectivity index (χ1) is 9.26. The molecule has 2 heterocycles. The maximum absolute atomic E-state index is 12.2. The molecular weight excluding hydrogens is 242 g/mol. The minimum absolute atomic E-state index is 0.213. The highest BCUT2D eigenvalue weighted by Crippen LogP contribution is 2.08. The Morgan fingerprint density at radius 1 is 1.37 bits per heavy atom. The van der Waals surface area contributed by atoms with Crippen LogP contribution >= 0.6 is 0 Å². The third kappa shape index (κ3) is 2.75. The zero-order valence-electron chi connectivity index (χ0n) is 10.2. The van der Waals surface area contributed by atoms with Crippen molar-refractivity contribution < 1.29 is 0 Å². The van der Waals surface area contributed by atoms with Gasteiger partial charge in [-0.3, -0.25) is 9.36 Å². The van der Waals surface area contributed by atoms with Crippen molar-refractivity contribution in [3.8, 4) is 12.1 Å². The van der Waals surface area contributed by atoms with Crippen LogP contribution in [0.3, 0.4) is 0 Å². The van der Waals surface area contributed by atoms with E-state index in [0.29, 0.717) is 23.9 Å². The second-order valence-corrected chi connectivity index (χ2v) is 4.10. The maximum atomic E-state index is 12.2. The standard InChI is InChI=1S/C13H11N5O/c14-5-1-3-10(7-15)8-18-9-17-12-11(13(18)19)4-2-6-16-12/h2,4,6,9-10H,1,3,8H2. The van der Waals surface area contributed by atoms with Crippen LogP contribution in [0, 0.1) is 28.6 Å². The summed E-state index contributed by atoms with van der Waals surface area (Å²) in [5, 5.41) is 18.0. The van der Waals surface area contributed by atoms with Gasteiger partial charge in [-0.05, 0) is 18.6 Å². The van der Waals surface area contributed by atoms with Crippen molar-refractivity contribution in [3.05, 3.63) is 35.0 Å². The maximum Gasteiger partial charge on any atom is 0.262 e. The van der Waals surface area contributed by atoms with E-state index >= 15 is 0 Å². The molecule has 0 aliphatic rings. The second kappa shape index (κ2) is 5.74. The van der Waals surface area contributed by atoms with Gasteiger partial charge in [-0.25, -0.2) is 9.97 Å². The first-order valence-corrected chi connectivity index (χ1v) is 5.83. The van der Waals surface area contributed by atoms with Crippen LogP contribution in [0.2, 0.25) is 0 Å². The van der Waals surface area contributed by atoms with E-state index in [0.717, 1.165) is 0 Å². The lowest BCUT2D eigenvalue weighted by Gasteiger charge is -2.09. The molecule has 0 radical (unpaired) electrons. The van der Waals surface area contributed by atoms with E-state index in [-0.39, 0.29) is 18.0 Å². The molecule has 2 rings (SSSR count). The van der Waals surface area contributed by atoms with Crippen molar-refractivity contribution in [1.82, 2.24) is 14.5 Å². The molecule has 0 bridgehead atoms. The Bertz CT molecular complexity index is 722. The number of rotatable bonds is 4. The fourth-order valence-corrected chi connectivity index (χ4v) is 1.80. The molecule has 0 spiro atoms. The number of pyridine rings is 1. The van der Waals surface area contributed by atoms with E-state index in [1.54, 1.807) is 18.3 Å². The Morgan fingerprint density at radius 2 is 2.21 bits per heavy atom. The number of fused-ring (bicyclic) bond motifs is 1. The van der Waals surface area contributed by atoms with Crippen LogP contribution < -0.4 is 5.56 Å². The Balaban J connectivity index is 2.31. The van der Waals surface area contributed by atoms with E-state index in [9.17, 15) is 4.79 Å². The Kier molecular flexibility index (Phi) is 3.84. The molecule has 2 aromatic heterocycles. The Morgan fingerprint density at radius 3 is 2.95 bits per heavy atom. The fourth-order valence-electron chi connectivity index (χ4n) is 1.80. The molecule has 0 aromatic carbocycles. The summed E-state index contributed by atoms with van der Waals surface area (Å²) in [6, 6.07) is 7.44. The summed E-state index contributed by atoms with van der Waals surface area (Å²) in [5.74, 6) is -0.367. The van der Waals surface area contributed by atoms with Crippen LogP contribution in [0.4, 0.5) is 0 Å². The lowest BCUT2D eigenvalue weighted by molar-refractivity contribution is 0.498. The van der Waals surface area contributed by atoms with Crippen LogP contribution in [-0.2, 0) is 6.54 Å². The molecule has 0 saturated heterocycles. The van der Waals surface area contributed by atoms with Crippen molar-refractivity contribution in [2.75, 3.05) is 0 Å². The quantitative estimate of drug-likeness (QED) is 0.816. The lowest BCUT2D eigenvalue weighted by Crippen LogP contribution is -2.24. The number of aromatic nitrogens is 3. The van der Waals surface area contributed by atoms with Gasteiger partial charge in [0.15, 0.2) is 5.65 Å². The van der Waals surface area contributed by atoms with Crippen molar-refractivity contribution in [1.29, 1.82) is 10.5 Å². The molecule has 0 amide bonds. The third-order valence-corrected chi connectivity index (χ3v) is 2.80. The zero-order valence-corrected chi connectivity index (χ0v) is 10.2. The van der Waals surface area contributed by atoms with Gasteiger partial charge < -0.3 is 0 Å². The fraction of sp³-hybridized carbons (Fsp3) is 0.308. The third-order valence-electron chi connectivity index (χ3n) is 2.80. The minimum atomic E-state index is -0.367. The molecular formula is C13H11N5O. The number of hydrogen-bond acceptors (Lipinski definition) is 5. The first-order valence-electron chi connectivity index (χ1n) is 5.83. The van der Waals surface area contributed by atoms with Crippen molar-refractivity contribution in [2.24, 2.45) is 5.92 Å². The molecule has 19 heavy (non-hydrogen) atoms. The van der Waals surface area contributed by atoms with Gasteiger partial charge in [0, 0.05) is 19.2 Å². The van der Waals surface area contributed by atoms with E-state index in [1.165, 1.54) is 10.9 Å². The van der Waals surface area contributed by atoms with Gasteiger partial charge in [-0.2, -0.15) is 10.5 Å². The largest absolute Gasteiger partial charge is 0.297 e. The molecule has 0 saturated carbocycles. The summed E-state index contributed by atoms with van der Waals surface area (Å²) >= 11 is 0. The van der Waals surface area contributed by atoms with Crippen LogP contribution in [0.15, 0.2) is 29.5 Å². The van der Waals surface area contributed by atoms with Gasteiger partial charge in [0.25, 0.3) is 5.56 Å². The second-order valence-electron chi connectivity index (χ2n) is 4.10. The lowest BCUT2D eigenvalue weighted by atomic mass is 10.1. The number of nitrogens with zero attached hydrogens (tertiary/aromatic N) is 5. The summed E-state index contributed by atoms with van der Waals surface area (Å²) in [5.41, 5.74) is 0.185. The molecule has 94 valence electrons. The summed E-state index contributed by atoms with van der Waals surface area (Å²) in [7, 11) is 0. The highest BCUT2D eigenvalue weighted by Gasteiger charge is 2.11. The van der Waals surface area contributed by atoms with Crippen LogP contribution in [0.1, 0.15) is 12.8 Å². The Labute approximate surface area is 109 Å². The predicted molar refractivity (Wildman–Crippen MR) is 67.7 cm³/mol. The number of nitriles is 2. The minimum Gasteiger partial charge on any atom is -0.297 e. The average molecular weight is 253 g/mol. The van der Waals surface area contributed by atoms with Crippen LogP contribution in [0.25, 0.3) is 11.0 Å². The number of hydrogen-bond donors (Lipinski definition) is 0. The summed E-state index contributed by atoms with van der Waals surface area (Å²) in [4.78, 5) is 20.2. The molecule has 0 aliphatic heterocycles. The monoisotopic (exact) mass is 253 g/mol. The highest BCUT2D eigenvalue weighted by atomic mass is 16.1. The molecule has 0 N–H and O–H groups in total.